The summed E-state index contributed by atoms with van der Waals surface area (Å²) in [5.41, 5.74) is 2.13. The number of amides is 1. The van der Waals surface area contributed by atoms with Crippen molar-refractivity contribution in [2.75, 3.05) is 11.5 Å². The van der Waals surface area contributed by atoms with Crippen LogP contribution in [0.15, 0.2) is 30.7 Å². The molecule has 1 aliphatic heterocycles. The van der Waals surface area contributed by atoms with Crippen LogP contribution in [-0.4, -0.2) is 40.6 Å². The fraction of sp³-hybridized carbons (Fsp3) is 0.438. The van der Waals surface area contributed by atoms with E-state index in [1.54, 1.807) is 24.0 Å². The van der Waals surface area contributed by atoms with Crippen LogP contribution in [-0.2, 0) is 9.84 Å². The number of carbonyl (C=O) groups excluding carboxylic acids is 1. The van der Waals surface area contributed by atoms with Crippen molar-refractivity contribution in [3.63, 3.8) is 0 Å². The van der Waals surface area contributed by atoms with E-state index >= 15 is 0 Å². The summed E-state index contributed by atoms with van der Waals surface area (Å²) < 4.78 is 24.9. The van der Waals surface area contributed by atoms with E-state index in [-0.39, 0.29) is 29.5 Å². The number of nitrogens with one attached hydrogen (secondary N) is 1. The normalized spacial score (nSPS) is 20.7. The third-order valence-corrected chi connectivity index (χ3v) is 6.15. The van der Waals surface area contributed by atoms with E-state index in [0.717, 1.165) is 5.56 Å². The lowest BCUT2D eigenvalue weighted by Crippen LogP contribution is -2.27. The van der Waals surface area contributed by atoms with Crippen LogP contribution >= 0.6 is 0 Å². The zero-order valence-corrected chi connectivity index (χ0v) is 14.5. The Labute approximate surface area is 141 Å². The molecule has 2 atom stereocenters. The maximum Gasteiger partial charge on any atom is 0.255 e. The number of hydrogen-bond donors (Lipinski definition) is 1. The second kappa shape index (κ2) is 6.35. The lowest BCUT2D eigenvalue weighted by molar-refractivity contribution is 0.0939. The van der Waals surface area contributed by atoms with Crippen molar-refractivity contribution in [1.29, 1.82) is 0 Å². The molecular formula is C16H20N4O3S. The highest BCUT2D eigenvalue weighted by atomic mass is 32.2. The number of rotatable bonds is 4. The average Bonchev–Trinajstić information content (AvgIpc) is 3.10. The Kier molecular flexibility index (Phi) is 4.40. The van der Waals surface area contributed by atoms with Crippen LogP contribution in [0.25, 0.3) is 0 Å². The molecule has 0 spiro atoms. The molecule has 1 aliphatic rings. The summed E-state index contributed by atoms with van der Waals surface area (Å²) in [5.74, 6) is 0.0469. The molecule has 7 nitrogen and oxygen atoms in total. The van der Waals surface area contributed by atoms with Gasteiger partial charge in [0.1, 0.15) is 0 Å². The minimum absolute atomic E-state index is 0.0873. The van der Waals surface area contributed by atoms with Gasteiger partial charge in [-0.2, -0.15) is 5.10 Å². The van der Waals surface area contributed by atoms with Gasteiger partial charge in [-0.05, 0) is 38.0 Å². The third kappa shape index (κ3) is 3.33. The van der Waals surface area contributed by atoms with Crippen LogP contribution in [0.3, 0.4) is 0 Å². The quantitative estimate of drug-likeness (QED) is 0.902. The van der Waals surface area contributed by atoms with Gasteiger partial charge in [-0.15, -0.1) is 0 Å². The average molecular weight is 348 g/mol. The lowest BCUT2D eigenvalue weighted by atomic mass is 10.1. The summed E-state index contributed by atoms with van der Waals surface area (Å²) in [6.45, 7) is 3.69. The highest BCUT2D eigenvalue weighted by Crippen LogP contribution is 2.25. The predicted molar refractivity (Wildman–Crippen MR) is 89.4 cm³/mol. The molecule has 0 unspecified atom stereocenters. The molecule has 0 radical (unpaired) electrons. The highest BCUT2D eigenvalue weighted by molar-refractivity contribution is 7.91. The van der Waals surface area contributed by atoms with Crippen molar-refractivity contribution >= 4 is 15.7 Å². The van der Waals surface area contributed by atoms with E-state index in [1.165, 1.54) is 6.20 Å². The smallest absolute Gasteiger partial charge is 0.255 e. The van der Waals surface area contributed by atoms with Gasteiger partial charge in [0.05, 0.1) is 35.3 Å². The van der Waals surface area contributed by atoms with Gasteiger partial charge in [-0.25, -0.2) is 8.42 Å². The summed E-state index contributed by atoms with van der Waals surface area (Å²) >= 11 is 0. The van der Waals surface area contributed by atoms with E-state index in [0.29, 0.717) is 17.7 Å². The number of pyridine rings is 1. The molecule has 3 rings (SSSR count). The summed E-state index contributed by atoms with van der Waals surface area (Å²) in [5, 5.41) is 7.18. The van der Waals surface area contributed by atoms with E-state index in [2.05, 4.69) is 15.4 Å². The second-order valence-corrected chi connectivity index (χ2v) is 8.35. The molecule has 2 aromatic heterocycles. The Morgan fingerprint density at radius 2 is 2.08 bits per heavy atom. The number of hydrogen-bond acceptors (Lipinski definition) is 5. The Morgan fingerprint density at radius 1 is 1.38 bits per heavy atom. The van der Waals surface area contributed by atoms with Gasteiger partial charge in [0.15, 0.2) is 9.84 Å². The maximum absolute atomic E-state index is 12.5. The number of sulfone groups is 1. The van der Waals surface area contributed by atoms with E-state index in [9.17, 15) is 13.2 Å². The minimum atomic E-state index is -2.99. The summed E-state index contributed by atoms with van der Waals surface area (Å²) in [6.07, 6.45) is 5.41. The Balaban J connectivity index is 1.75. The molecule has 1 fully saturated rings. The number of nitrogens with zero attached hydrogens (tertiary/aromatic N) is 3. The van der Waals surface area contributed by atoms with Crippen molar-refractivity contribution in [2.45, 2.75) is 32.4 Å². The van der Waals surface area contributed by atoms with Gasteiger partial charge in [-0.1, -0.05) is 0 Å². The topological polar surface area (TPSA) is 93.9 Å². The zero-order chi connectivity index (χ0) is 17.3. The van der Waals surface area contributed by atoms with Crippen LogP contribution in [0, 0.1) is 6.92 Å². The second-order valence-electron chi connectivity index (χ2n) is 6.12. The Bertz CT molecular complexity index is 845. The van der Waals surface area contributed by atoms with Crippen LogP contribution in [0.1, 0.15) is 47.0 Å². The van der Waals surface area contributed by atoms with Crippen molar-refractivity contribution in [2.24, 2.45) is 0 Å². The summed E-state index contributed by atoms with van der Waals surface area (Å²) in [6, 6.07) is 3.36. The fourth-order valence-corrected chi connectivity index (χ4v) is 4.68. The number of carbonyl (C=O) groups is 1. The molecule has 0 saturated carbocycles. The predicted octanol–water partition coefficient (Wildman–Crippen LogP) is 1.44. The first-order chi connectivity index (χ1) is 11.4. The molecule has 1 saturated heterocycles. The van der Waals surface area contributed by atoms with E-state index < -0.39 is 9.84 Å². The molecular weight excluding hydrogens is 328 g/mol. The molecule has 1 N–H and O–H groups in total. The molecule has 24 heavy (non-hydrogen) atoms. The van der Waals surface area contributed by atoms with Gasteiger partial charge in [0.2, 0.25) is 0 Å². The lowest BCUT2D eigenvalue weighted by Gasteiger charge is -2.15. The molecule has 8 heteroatoms. The molecule has 3 heterocycles. The molecule has 1 amide bonds. The zero-order valence-electron chi connectivity index (χ0n) is 13.6. The van der Waals surface area contributed by atoms with Crippen LogP contribution < -0.4 is 5.32 Å². The van der Waals surface area contributed by atoms with Crippen LogP contribution in [0.2, 0.25) is 0 Å². The van der Waals surface area contributed by atoms with Crippen molar-refractivity contribution < 1.29 is 13.2 Å². The van der Waals surface area contributed by atoms with E-state index in [1.807, 2.05) is 19.1 Å². The van der Waals surface area contributed by atoms with E-state index in [4.69, 9.17) is 0 Å². The summed E-state index contributed by atoms with van der Waals surface area (Å²) in [4.78, 5) is 16.5. The fourth-order valence-electron chi connectivity index (χ4n) is 2.99. The SMILES string of the molecule is Cc1c(C(=O)N[C@@H](C)c2ccncc2)cnn1[C@@H]1CCS(=O)(=O)C1. The van der Waals surface area contributed by atoms with Crippen molar-refractivity contribution in [3.05, 3.63) is 47.5 Å². The van der Waals surface area contributed by atoms with Crippen molar-refractivity contribution in [1.82, 2.24) is 20.1 Å². The minimum Gasteiger partial charge on any atom is -0.345 e. The Morgan fingerprint density at radius 3 is 2.71 bits per heavy atom. The van der Waals surface area contributed by atoms with Gasteiger partial charge in [-0.3, -0.25) is 14.5 Å². The van der Waals surface area contributed by atoms with Gasteiger partial charge >= 0.3 is 0 Å². The highest BCUT2D eigenvalue weighted by Gasteiger charge is 2.31. The monoisotopic (exact) mass is 348 g/mol. The Hall–Kier alpha value is -2.22. The molecule has 0 aliphatic carbocycles. The molecule has 0 aromatic carbocycles. The van der Waals surface area contributed by atoms with Gasteiger partial charge < -0.3 is 5.32 Å². The first-order valence-electron chi connectivity index (χ1n) is 7.83. The largest absolute Gasteiger partial charge is 0.345 e. The maximum atomic E-state index is 12.5. The number of aromatic nitrogens is 3. The van der Waals surface area contributed by atoms with Crippen LogP contribution in [0.4, 0.5) is 0 Å². The van der Waals surface area contributed by atoms with Gasteiger partial charge in [0, 0.05) is 18.1 Å². The van der Waals surface area contributed by atoms with Crippen molar-refractivity contribution in [3.8, 4) is 0 Å². The molecule has 0 bridgehead atoms. The first kappa shape index (κ1) is 16.6. The molecule has 2 aromatic rings. The standard InChI is InChI=1S/C16H20N4O3S/c1-11(13-3-6-17-7-4-13)19-16(21)15-9-18-20(12(15)2)14-5-8-24(22,23)10-14/h3-4,6-7,9,11,14H,5,8,10H2,1-2H3,(H,19,21)/t11-,14+/m0/s1. The third-order valence-electron chi connectivity index (χ3n) is 4.40. The van der Waals surface area contributed by atoms with Crippen LogP contribution in [0.5, 0.6) is 0 Å². The molecule has 128 valence electrons. The van der Waals surface area contributed by atoms with Gasteiger partial charge in [0.25, 0.3) is 5.91 Å². The summed E-state index contributed by atoms with van der Waals surface area (Å²) in [7, 11) is -2.99. The first-order valence-corrected chi connectivity index (χ1v) is 9.65.